The van der Waals surface area contributed by atoms with E-state index in [-0.39, 0.29) is 16.9 Å². The molecule has 0 aliphatic carbocycles. The van der Waals surface area contributed by atoms with Gasteiger partial charge in [0.2, 0.25) is 0 Å². The number of nitro groups is 1. The zero-order valence-electron chi connectivity index (χ0n) is 19.3. The quantitative estimate of drug-likeness (QED) is 0.126. The van der Waals surface area contributed by atoms with Gasteiger partial charge in [-0.3, -0.25) is 25.0 Å². The number of nitro benzene ring substituents is 1. The van der Waals surface area contributed by atoms with Gasteiger partial charge in [0.15, 0.2) is 0 Å². The molecule has 1 aliphatic rings. The number of rotatable bonds is 11. The van der Waals surface area contributed by atoms with Gasteiger partial charge in [-0.25, -0.2) is 9.69 Å². The van der Waals surface area contributed by atoms with E-state index in [1.54, 1.807) is 18.2 Å². The summed E-state index contributed by atoms with van der Waals surface area (Å²) in [5.41, 5.74) is -0.118. The summed E-state index contributed by atoms with van der Waals surface area (Å²) >= 11 is 3.39. The lowest BCUT2D eigenvalue weighted by Crippen LogP contribution is -2.54. The third-order valence-electron chi connectivity index (χ3n) is 5.43. The lowest BCUT2D eigenvalue weighted by Gasteiger charge is -2.26. The van der Waals surface area contributed by atoms with Gasteiger partial charge in [-0.05, 0) is 36.8 Å². The maximum atomic E-state index is 13.2. The van der Waals surface area contributed by atoms with Crippen LogP contribution in [-0.4, -0.2) is 29.4 Å². The monoisotopic (exact) mass is 543 g/mol. The number of halogens is 1. The van der Waals surface area contributed by atoms with Gasteiger partial charge < -0.3 is 4.74 Å². The Morgan fingerprint density at radius 2 is 1.80 bits per heavy atom. The Morgan fingerprint density at radius 3 is 2.54 bits per heavy atom. The van der Waals surface area contributed by atoms with Crippen LogP contribution in [0.4, 0.5) is 16.2 Å². The van der Waals surface area contributed by atoms with Crippen LogP contribution in [0.5, 0.6) is 5.75 Å². The highest BCUT2D eigenvalue weighted by Gasteiger charge is 2.37. The maximum absolute atomic E-state index is 13.2. The van der Waals surface area contributed by atoms with E-state index in [0.29, 0.717) is 27.3 Å². The number of anilines is 1. The van der Waals surface area contributed by atoms with Crippen LogP contribution in [0.1, 0.15) is 51.0 Å². The minimum Gasteiger partial charge on any atom is -0.493 e. The van der Waals surface area contributed by atoms with Crippen LogP contribution >= 0.6 is 15.9 Å². The number of carbonyl (C=O) groups excluding carboxylic acids is 3. The first-order chi connectivity index (χ1) is 16.8. The van der Waals surface area contributed by atoms with Gasteiger partial charge in [0, 0.05) is 22.2 Å². The predicted octanol–water partition coefficient (Wildman–Crippen LogP) is 5.76. The van der Waals surface area contributed by atoms with Crippen LogP contribution in [0.15, 0.2) is 52.5 Å². The summed E-state index contributed by atoms with van der Waals surface area (Å²) in [5, 5.41) is 13.2. The van der Waals surface area contributed by atoms with Gasteiger partial charge in [-0.15, -0.1) is 0 Å². The first-order valence-electron chi connectivity index (χ1n) is 11.4. The van der Waals surface area contributed by atoms with Gasteiger partial charge in [0.05, 0.1) is 17.2 Å². The van der Waals surface area contributed by atoms with E-state index in [4.69, 9.17) is 4.74 Å². The molecule has 1 saturated heterocycles. The average Bonchev–Trinajstić information content (AvgIpc) is 2.82. The van der Waals surface area contributed by atoms with Crippen LogP contribution in [0.3, 0.4) is 0 Å². The van der Waals surface area contributed by atoms with Crippen molar-refractivity contribution in [1.82, 2.24) is 5.32 Å². The number of barbiturate groups is 1. The summed E-state index contributed by atoms with van der Waals surface area (Å²) in [6, 6.07) is 9.33. The van der Waals surface area contributed by atoms with Gasteiger partial charge >= 0.3 is 6.03 Å². The zero-order chi connectivity index (χ0) is 25.4. The summed E-state index contributed by atoms with van der Waals surface area (Å²) in [4.78, 5) is 49.3. The molecule has 1 aliphatic heterocycles. The number of ether oxygens (including phenoxy) is 1. The van der Waals surface area contributed by atoms with E-state index in [1.807, 2.05) is 0 Å². The normalized spacial score (nSPS) is 14.9. The fraction of sp³-hybridized carbons (Fsp3) is 0.320. The van der Waals surface area contributed by atoms with Crippen molar-refractivity contribution in [3.05, 3.63) is 68.2 Å². The molecule has 10 heteroatoms. The number of amides is 4. The molecule has 0 saturated carbocycles. The number of unbranched alkanes of at least 4 members (excludes halogenated alkanes) is 5. The number of imide groups is 2. The minimum atomic E-state index is -0.980. The van der Waals surface area contributed by atoms with Gasteiger partial charge in [0.25, 0.3) is 17.5 Å². The first kappa shape index (κ1) is 26.1. The number of urea groups is 1. The molecule has 9 nitrogen and oxygen atoms in total. The highest BCUT2D eigenvalue weighted by molar-refractivity contribution is 9.10. The molecule has 2 aromatic rings. The van der Waals surface area contributed by atoms with Crippen molar-refractivity contribution in [3.8, 4) is 5.75 Å². The number of non-ortho nitro benzene ring substituents is 1. The van der Waals surface area contributed by atoms with E-state index in [1.165, 1.54) is 43.5 Å². The highest BCUT2D eigenvalue weighted by atomic mass is 79.9. The number of carbonyl (C=O) groups is 3. The van der Waals surface area contributed by atoms with Crippen LogP contribution in [0.25, 0.3) is 6.08 Å². The Hall–Kier alpha value is -3.53. The first-order valence-corrected chi connectivity index (χ1v) is 12.2. The third kappa shape index (κ3) is 6.75. The second-order valence-corrected chi connectivity index (χ2v) is 8.95. The lowest BCUT2D eigenvalue weighted by atomic mass is 10.1. The second kappa shape index (κ2) is 12.3. The standard InChI is InChI=1S/C25H26BrN3O6/c1-2-3-4-5-6-7-13-35-22-12-11-18(26)14-17(22)15-21-23(30)27-25(32)28(24(21)31)19-9-8-10-20(16-19)29(33)34/h8-12,14-16H,2-7,13H2,1H3,(H,27,30,32)/b21-15-. The van der Waals surface area contributed by atoms with Gasteiger partial charge in [-0.1, -0.05) is 61.0 Å². The van der Waals surface area contributed by atoms with E-state index in [9.17, 15) is 24.5 Å². The molecule has 0 bridgehead atoms. The van der Waals surface area contributed by atoms with E-state index >= 15 is 0 Å². The molecule has 3 rings (SSSR count). The van der Waals surface area contributed by atoms with Crippen LogP contribution in [0, 0.1) is 10.1 Å². The molecular weight excluding hydrogens is 518 g/mol. The predicted molar refractivity (Wildman–Crippen MR) is 135 cm³/mol. The van der Waals surface area contributed by atoms with Crippen molar-refractivity contribution in [1.29, 1.82) is 0 Å². The Bertz CT molecular complexity index is 1160. The Balaban J connectivity index is 1.83. The Labute approximate surface area is 211 Å². The molecule has 1 N–H and O–H groups in total. The molecule has 184 valence electrons. The molecule has 4 amide bonds. The van der Waals surface area contributed by atoms with Crippen molar-refractivity contribution in [2.75, 3.05) is 11.5 Å². The van der Waals surface area contributed by atoms with Crippen LogP contribution < -0.4 is 15.0 Å². The van der Waals surface area contributed by atoms with Crippen molar-refractivity contribution in [3.63, 3.8) is 0 Å². The molecular formula is C25H26BrN3O6. The zero-order valence-corrected chi connectivity index (χ0v) is 20.9. The van der Waals surface area contributed by atoms with E-state index in [0.717, 1.165) is 25.3 Å². The molecule has 1 heterocycles. The summed E-state index contributed by atoms with van der Waals surface area (Å²) in [7, 11) is 0. The summed E-state index contributed by atoms with van der Waals surface area (Å²) in [6.07, 6.45) is 8.03. The number of benzene rings is 2. The van der Waals surface area contributed by atoms with Crippen molar-refractivity contribution in [2.45, 2.75) is 45.4 Å². The lowest BCUT2D eigenvalue weighted by molar-refractivity contribution is -0.384. The molecule has 2 aromatic carbocycles. The van der Waals surface area contributed by atoms with Crippen molar-refractivity contribution >= 4 is 51.2 Å². The molecule has 0 atom stereocenters. The highest BCUT2D eigenvalue weighted by Crippen LogP contribution is 2.29. The average molecular weight is 544 g/mol. The van der Waals surface area contributed by atoms with Crippen LogP contribution in [0.2, 0.25) is 0 Å². The minimum absolute atomic E-state index is 0.0195. The largest absolute Gasteiger partial charge is 0.493 e. The number of nitrogens with zero attached hydrogens (tertiary/aromatic N) is 2. The maximum Gasteiger partial charge on any atom is 0.335 e. The van der Waals surface area contributed by atoms with E-state index < -0.39 is 22.8 Å². The fourth-order valence-corrected chi connectivity index (χ4v) is 4.00. The Morgan fingerprint density at radius 1 is 1.06 bits per heavy atom. The summed E-state index contributed by atoms with van der Waals surface area (Å²) < 4.78 is 6.64. The molecule has 35 heavy (non-hydrogen) atoms. The second-order valence-electron chi connectivity index (χ2n) is 8.03. The molecule has 0 spiro atoms. The van der Waals surface area contributed by atoms with Gasteiger partial charge in [-0.2, -0.15) is 0 Å². The molecule has 0 unspecified atom stereocenters. The molecule has 0 radical (unpaired) electrons. The number of hydrogen-bond acceptors (Lipinski definition) is 6. The van der Waals surface area contributed by atoms with Crippen molar-refractivity contribution in [2.24, 2.45) is 0 Å². The number of hydrogen-bond donors (Lipinski definition) is 1. The SMILES string of the molecule is CCCCCCCCOc1ccc(Br)cc1/C=C1/C(=O)NC(=O)N(c2cccc([N+](=O)[O-])c2)C1=O. The van der Waals surface area contributed by atoms with E-state index in [2.05, 4.69) is 28.2 Å². The summed E-state index contributed by atoms with van der Waals surface area (Å²) in [5.74, 6) is -1.25. The van der Waals surface area contributed by atoms with Crippen molar-refractivity contribution < 1.29 is 24.0 Å². The number of nitrogens with one attached hydrogen (secondary N) is 1. The smallest absolute Gasteiger partial charge is 0.335 e. The molecule has 0 aromatic heterocycles. The molecule has 1 fully saturated rings. The fourth-order valence-electron chi connectivity index (χ4n) is 3.62. The summed E-state index contributed by atoms with van der Waals surface area (Å²) in [6.45, 7) is 2.66. The third-order valence-corrected chi connectivity index (χ3v) is 5.92. The Kier molecular flexibility index (Phi) is 9.13. The topological polar surface area (TPSA) is 119 Å². The van der Waals surface area contributed by atoms with Gasteiger partial charge in [0.1, 0.15) is 11.3 Å². The van der Waals surface area contributed by atoms with Crippen LogP contribution in [-0.2, 0) is 9.59 Å².